The molecule has 1 unspecified atom stereocenters. The van der Waals surface area contributed by atoms with Crippen molar-refractivity contribution in [2.75, 3.05) is 20.8 Å². The van der Waals surface area contributed by atoms with Crippen LogP contribution in [-0.2, 0) is 6.54 Å². The number of hydrogen-bond donors (Lipinski definition) is 0. The van der Waals surface area contributed by atoms with Gasteiger partial charge in [0.05, 0.1) is 31.2 Å². The molecule has 0 saturated carbocycles. The molecule has 5 rings (SSSR count). The van der Waals surface area contributed by atoms with E-state index in [1.807, 2.05) is 30.3 Å². The number of fused-ring (bicyclic) bond motifs is 2. The molecule has 3 aromatic carbocycles. The smallest absolute Gasteiger partial charge is 0.291 e. The Kier molecular flexibility index (Phi) is 6.63. The van der Waals surface area contributed by atoms with Crippen molar-refractivity contribution >= 4 is 28.5 Å². The van der Waals surface area contributed by atoms with Gasteiger partial charge in [-0.2, -0.15) is 0 Å². The predicted molar refractivity (Wildman–Crippen MR) is 141 cm³/mol. The predicted octanol–water partition coefficient (Wildman–Crippen LogP) is 5.77. The second-order valence-electron chi connectivity index (χ2n) is 8.51. The van der Waals surface area contributed by atoms with Crippen molar-refractivity contribution in [2.45, 2.75) is 12.6 Å². The maximum absolute atomic E-state index is 13.8. The van der Waals surface area contributed by atoms with Gasteiger partial charge in [-0.1, -0.05) is 42.5 Å². The average Bonchev–Trinajstić information content (AvgIpc) is 3.19. The van der Waals surface area contributed by atoms with E-state index in [4.69, 9.17) is 30.2 Å². The first-order valence-electron chi connectivity index (χ1n) is 11.6. The Bertz CT molecular complexity index is 1560. The molecule has 0 N–H and O–H groups in total. The van der Waals surface area contributed by atoms with E-state index in [0.29, 0.717) is 45.4 Å². The fourth-order valence-electron chi connectivity index (χ4n) is 4.55. The number of halogens is 1. The van der Waals surface area contributed by atoms with Gasteiger partial charge in [-0.3, -0.25) is 9.59 Å². The quantitative estimate of drug-likeness (QED) is 0.276. The maximum atomic E-state index is 13.8. The summed E-state index contributed by atoms with van der Waals surface area (Å²) in [6, 6.07) is 16.8. The lowest BCUT2D eigenvalue weighted by Crippen LogP contribution is -2.29. The van der Waals surface area contributed by atoms with Crippen molar-refractivity contribution in [2.24, 2.45) is 0 Å². The van der Waals surface area contributed by atoms with Gasteiger partial charge in [-0.15, -0.1) is 0 Å². The van der Waals surface area contributed by atoms with E-state index in [1.165, 1.54) is 7.11 Å². The summed E-state index contributed by atoms with van der Waals surface area (Å²) in [7, 11) is 3.13. The van der Waals surface area contributed by atoms with Crippen molar-refractivity contribution in [3.63, 3.8) is 0 Å². The van der Waals surface area contributed by atoms with Crippen LogP contribution < -0.4 is 19.6 Å². The van der Waals surface area contributed by atoms with Crippen molar-refractivity contribution in [3.8, 4) is 17.2 Å². The summed E-state index contributed by atoms with van der Waals surface area (Å²) in [6.45, 7) is 4.22. The minimum absolute atomic E-state index is 0.0179. The lowest BCUT2D eigenvalue weighted by Gasteiger charge is -2.26. The molecule has 1 aromatic heterocycles. The molecular formula is C29H24ClNO6. The second-order valence-corrected chi connectivity index (χ2v) is 8.94. The van der Waals surface area contributed by atoms with Gasteiger partial charge in [0.25, 0.3) is 5.91 Å². The first-order valence-corrected chi connectivity index (χ1v) is 11.9. The largest absolute Gasteiger partial charge is 0.497 e. The van der Waals surface area contributed by atoms with E-state index in [9.17, 15) is 9.59 Å². The molecular weight excluding hydrogens is 494 g/mol. The zero-order valence-corrected chi connectivity index (χ0v) is 21.1. The lowest BCUT2D eigenvalue weighted by atomic mass is 9.97. The Morgan fingerprint density at radius 2 is 1.78 bits per heavy atom. The fraction of sp³-hybridized carbons (Fsp3) is 0.172. The molecule has 0 spiro atoms. The standard InChI is InChI=1S/C29H24ClNO6/c1-4-13-36-23-11-7-18(14-24(23)35-3)26-25-27(32)21-15-19(30)8-12-22(21)37-28(25)29(33)31(26)16-17-5-9-20(34-2)10-6-17/h4-12,14-15,26H,1,13,16H2,2-3H3. The van der Waals surface area contributed by atoms with Crippen LogP contribution in [-0.4, -0.2) is 31.6 Å². The van der Waals surface area contributed by atoms with E-state index in [0.717, 1.165) is 5.56 Å². The van der Waals surface area contributed by atoms with Crippen molar-refractivity contribution in [3.05, 3.63) is 111 Å². The molecule has 0 saturated heterocycles. The van der Waals surface area contributed by atoms with Gasteiger partial charge >= 0.3 is 0 Å². The van der Waals surface area contributed by atoms with Crippen molar-refractivity contribution in [1.82, 2.24) is 4.90 Å². The Hall–Kier alpha value is -4.23. The third kappa shape index (κ3) is 4.42. The Balaban J connectivity index is 1.67. The first kappa shape index (κ1) is 24.5. The summed E-state index contributed by atoms with van der Waals surface area (Å²) in [5.41, 5.74) is 1.80. The lowest BCUT2D eigenvalue weighted by molar-refractivity contribution is 0.0714. The second kappa shape index (κ2) is 10.0. The number of benzene rings is 3. The van der Waals surface area contributed by atoms with Crippen molar-refractivity contribution < 1.29 is 23.4 Å². The Labute approximate surface area is 218 Å². The summed E-state index contributed by atoms with van der Waals surface area (Å²) in [5.74, 6) is 1.34. The number of amides is 1. The van der Waals surface area contributed by atoms with E-state index < -0.39 is 6.04 Å². The van der Waals surface area contributed by atoms with Gasteiger partial charge in [0, 0.05) is 11.6 Å². The third-order valence-electron chi connectivity index (χ3n) is 6.30. The topological polar surface area (TPSA) is 78.2 Å². The number of carbonyl (C=O) groups excluding carboxylic acids is 1. The molecule has 4 aromatic rings. The highest BCUT2D eigenvalue weighted by molar-refractivity contribution is 6.31. The fourth-order valence-corrected chi connectivity index (χ4v) is 4.72. The molecule has 0 aliphatic carbocycles. The summed E-state index contributed by atoms with van der Waals surface area (Å²) in [5, 5.41) is 0.717. The third-order valence-corrected chi connectivity index (χ3v) is 6.53. The normalized spacial score (nSPS) is 14.5. The van der Waals surface area contributed by atoms with Crippen LogP contribution in [0.5, 0.6) is 17.2 Å². The zero-order valence-electron chi connectivity index (χ0n) is 20.3. The molecule has 7 nitrogen and oxygen atoms in total. The number of methoxy groups -OCH3 is 2. The van der Waals surface area contributed by atoms with Gasteiger partial charge in [0.1, 0.15) is 17.9 Å². The van der Waals surface area contributed by atoms with Crippen LogP contribution in [0.3, 0.4) is 0 Å². The van der Waals surface area contributed by atoms with Crippen molar-refractivity contribution in [1.29, 1.82) is 0 Å². The van der Waals surface area contributed by atoms with E-state index in [1.54, 1.807) is 48.4 Å². The first-order chi connectivity index (χ1) is 17.9. The van der Waals surface area contributed by atoms with E-state index in [2.05, 4.69) is 6.58 Å². The Morgan fingerprint density at radius 3 is 2.49 bits per heavy atom. The monoisotopic (exact) mass is 517 g/mol. The van der Waals surface area contributed by atoms with E-state index >= 15 is 0 Å². The molecule has 1 atom stereocenters. The highest BCUT2D eigenvalue weighted by Crippen LogP contribution is 2.42. The molecule has 188 valence electrons. The molecule has 1 aliphatic heterocycles. The number of rotatable bonds is 8. The van der Waals surface area contributed by atoms with Gasteiger partial charge < -0.3 is 23.5 Å². The van der Waals surface area contributed by atoms with Crippen LogP contribution in [0.25, 0.3) is 11.0 Å². The van der Waals surface area contributed by atoms with Gasteiger partial charge in [-0.05, 0) is 53.6 Å². The van der Waals surface area contributed by atoms with Gasteiger partial charge in [-0.25, -0.2) is 0 Å². The highest BCUT2D eigenvalue weighted by Gasteiger charge is 2.43. The van der Waals surface area contributed by atoms with Crippen LogP contribution in [0.15, 0.2) is 82.5 Å². The van der Waals surface area contributed by atoms with Crippen LogP contribution in [0.1, 0.15) is 33.3 Å². The highest BCUT2D eigenvalue weighted by atomic mass is 35.5. The Morgan fingerprint density at radius 1 is 1.00 bits per heavy atom. The number of hydrogen-bond acceptors (Lipinski definition) is 6. The SMILES string of the molecule is C=CCOc1ccc(C2c3c(oc4ccc(Cl)cc4c3=O)C(=O)N2Cc2ccc(OC)cc2)cc1OC. The summed E-state index contributed by atoms with van der Waals surface area (Å²) in [4.78, 5) is 29.1. The zero-order chi connectivity index (χ0) is 26.1. The molecule has 37 heavy (non-hydrogen) atoms. The number of nitrogens with zero attached hydrogens (tertiary/aromatic N) is 1. The summed E-state index contributed by atoms with van der Waals surface area (Å²) >= 11 is 6.18. The van der Waals surface area contributed by atoms with Gasteiger partial charge in [0.15, 0.2) is 16.9 Å². The summed E-state index contributed by atoms with van der Waals surface area (Å²) < 4.78 is 22.5. The molecule has 0 fully saturated rings. The minimum atomic E-state index is -0.716. The maximum Gasteiger partial charge on any atom is 0.291 e. The molecule has 1 amide bonds. The van der Waals surface area contributed by atoms with Crippen LogP contribution >= 0.6 is 11.6 Å². The number of ether oxygens (including phenoxy) is 3. The number of carbonyl (C=O) groups is 1. The molecule has 2 heterocycles. The summed E-state index contributed by atoms with van der Waals surface area (Å²) in [6.07, 6.45) is 1.64. The minimum Gasteiger partial charge on any atom is -0.497 e. The average molecular weight is 518 g/mol. The molecule has 1 aliphatic rings. The molecule has 0 radical (unpaired) electrons. The van der Waals surface area contributed by atoms with Crippen LogP contribution in [0.4, 0.5) is 0 Å². The van der Waals surface area contributed by atoms with Crippen LogP contribution in [0.2, 0.25) is 5.02 Å². The molecule has 8 heteroatoms. The van der Waals surface area contributed by atoms with Gasteiger partial charge in [0.2, 0.25) is 5.76 Å². The van der Waals surface area contributed by atoms with E-state index in [-0.39, 0.29) is 29.2 Å². The molecule has 0 bridgehead atoms. The van der Waals surface area contributed by atoms with Crippen LogP contribution in [0, 0.1) is 0 Å².